The number of amides is 1. The second kappa shape index (κ2) is 7.45. The topological polar surface area (TPSA) is 41.6 Å². The summed E-state index contributed by atoms with van der Waals surface area (Å²) in [5.74, 6) is 0.773. The lowest BCUT2D eigenvalue weighted by Crippen LogP contribution is -2.49. The number of carbonyl (C=O) groups is 1. The van der Waals surface area contributed by atoms with Crippen LogP contribution in [0.15, 0.2) is 30.3 Å². The van der Waals surface area contributed by atoms with Crippen LogP contribution in [0.25, 0.3) is 0 Å². The van der Waals surface area contributed by atoms with Crippen LogP contribution in [0.5, 0.6) is 0 Å². The van der Waals surface area contributed by atoms with Gasteiger partial charge in [0.25, 0.3) is 0 Å². The van der Waals surface area contributed by atoms with Crippen LogP contribution in [0.4, 0.5) is 0 Å². The molecule has 2 aliphatic rings. The van der Waals surface area contributed by atoms with E-state index in [4.69, 9.17) is 4.74 Å². The zero-order valence-corrected chi connectivity index (χ0v) is 14.1. The van der Waals surface area contributed by atoms with Crippen molar-refractivity contribution >= 4 is 5.91 Å². The van der Waals surface area contributed by atoms with E-state index in [9.17, 15) is 4.79 Å². The van der Waals surface area contributed by atoms with Gasteiger partial charge in [-0.15, -0.1) is 0 Å². The van der Waals surface area contributed by atoms with Crippen molar-refractivity contribution in [2.24, 2.45) is 11.3 Å². The Balaban J connectivity index is 1.42. The SMILES string of the molecule is COCC1(C(=O)NC[C@H]2CCN(Cc3ccccc3)C2)CCC1. The molecule has 0 bridgehead atoms. The lowest BCUT2D eigenvalue weighted by molar-refractivity contribution is -0.140. The average Bonchev–Trinajstić information content (AvgIpc) is 2.97. The van der Waals surface area contributed by atoms with E-state index in [2.05, 4.69) is 40.5 Å². The molecule has 126 valence electrons. The molecule has 1 aromatic rings. The van der Waals surface area contributed by atoms with Gasteiger partial charge >= 0.3 is 0 Å². The van der Waals surface area contributed by atoms with E-state index in [1.807, 2.05) is 0 Å². The highest BCUT2D eigenvalue weighted by atomic mass is 16.5. The molecule has 1 aliphatic heterocycles. The van der Waals surface area contributed by atoms with E-state index in [1.54, 1.807) is 7.11 Å². The maximum absolute atomic E-state index is 12.5. The van der Waals surface area contributed by atoms with Crippen molar-refractivity contribution in [3.05, 3.63) is 35.9 Å². The summed E-state index contributed by atoms with van der Waals surface area (Å²) >= 11 is 0. The molecular formula is C19H28N2O2. The summed E-state index contributed by atoms with van der Waals surface area (Å²) in [6, 6.07) is 10.6. The molecule has 0 aromatic heterocycles. The third kappa shape index (κ3) is 3.93. The van der Waals surface area contributed by atoms with Crippen molar-refractivity contribution in [1.82, 2.24) is 10.2 Å². The van der Waals surface area contributed by atoms with Crippen LogP contribution in [0.2, 0.25) is 0 Å². The summed E-state index contributed by atoms with van der Waals surface area (Å²) in [4.78, 5) is 14.9. The number of hydrogen-bond donors (Lipinski definition) is 1. The smallest absolute Gasteiger partial charge is 0.228 e. The molecule has 4 heteroatoms. The normalized spacial score (nSPS) is 23.4. The first-order valence-electron chi connectivity index (χ1n) is 8.75. The molecule has 1 atom stereocenters. The maximum Gasteiger partial charge on any atom is 0.228 e. The first-order chi connectivity index (χ1) is 11.2. The number of rotatable bonds is 7. The summed E-state index contributed by atoms with van der Waals surface area (Å²) in [6.45, 7) is 4.57. The van der Waals surface area contributed by atoms with Crippen LogP contribution in [-0.2, 0) is 16.1 Å². The largest absolute Gasteiger partial charge is 0.384 e. The average molecular weight is 316 g/mol. The fourth-order valence-corrected chi connectivity index (χ4v) is 3.81. The highest BCUT2D eigenvalue weighted by Gasteiger charge is 2.44. The zero-order valence-electron chi connectivity index (χ0n) is 14.1. The Morgan fingerprint density at radius 2 is 2.13 bits per heavy atom. The van der Waals surface area contributed by atoms with Crippen LogP contribution in [0, 0.1) is 11.3 Å². The van der Waals surface area contributed by atoms with Gasteiger partial charge in [-0.1, -0.05) is 36.8 Å². The molecule has 1 aliphatic carbocycles. The van der Waals surface area contributed by atoms with Gasteiger partial charge in [0.2, 0.25) is 5.91 Å². The van der Waals surface area contributed by atoms with Crippen molar-refractivity contribution in [2.75, 3.05) is 33.4 Å². The summed E-state index contributed by atoms with van der Waals surface area (Å²) < 4.78 is 5.26. The molecule has 1 saturated heterocycles. The molecule has 1 aromatic carbocycles. The van der Waals surface area contributed by atoms with Gasteiger partial charge in [0, 0.05) is 26.7 Å². The molecule has 23 heavy (non-hydrogen) atoms. The van der Waals surface area contributed by atoms with Gasteiger partial charge in [-0.2, -0.15) is 0 Å². The number of likely N-dealkylation sites (tertiary alicyclic amines) is 1. The van der Waals surface area contributed by atoms with E-state index < -0.39 is 0 Å². The number of hydrogen-bond acceptors (Lipinski definition) is 3. The second-order valence-corrected chi connectivity index (χ2v) is 7.15. The standard InChI is InChI=1S/C19H28N2O2/c1-23-15-19(9-5-10-19)18(22)20-12-17-8-11-21(14-17)13-16-6-3-2-4-7-16/h2-4,6-7,17H,5,8-15H2,1H3,(H,20,22)/t17-/m1/s1. The van der Waals surface area contributed by atoms with Gasteiger partial charge in [-0.05, 0) is 37.3 Å². The van der Waals surface area contributed by atoms with Gasteiger partial charge < -0.3 is 10.1 Å². The minimum atomic E-state index is -0.239. The summed E-state index contributed by atoms with van der Waals surface area (Å²) in [6.07, 6.45) is 4.25. The molecule has 1 N–H and O–H groups in total. The number of benzene rings is 1. The molecular weight excluding hydrogens is 288 g/mol. The number of nitrogens with one attached hydrogen (secondary N) is 1. The maximum atomic E-state index is 12.5. The third-order valence-electron chi connectivity index (χ3n) is 5.38. The van der Waals surface area contributed by atoms with E-state index in [0.717, 1.165) is 45.4 Å². The lowest BCUT2D eigenvalue weighted by Gasteiger charge is -2.39. The fraction of sp³-hybridized carbons (Fsp3) is 0.632. The van der Waals surface area contributed by atoms with Gasteiger partial charge in [-0.3, -0.25) is 9.69 Å². The molecule has 2 fully saturated rings. The molecule has 1 amide bonds. The molecule has 1 heterocycles. The molecule has 0 unspecified atom stereocenters. The van der Waals surface area contributed by atoms with E-state index in [0.29, 0.717) is 12.5 Å². The van der Waals surface area contributed by atoms with E-state index in [1.165, 1.54) is 12.0 Å². The third-order valence-corrected chi connectivity index (χ3v) is 5.38. The Hall–Kier alpha value is -1.39. The van der Waals surface area contributed by atoms with Crippen molar-refractivity contribution in [1.29, 1.82) is 0 Å². The van der Waals surface area contributed by atoms with Crippen LogP contribution in [0.3, 0.4) is 0 Å². The van der Waals surface area contributed by atoms with Crippen molar-refractivity contribution < 1.29 is 9.53 Å². The van der Waals surface area contributed by atoms with Crippen molar-refractivity contribution in [2.45, 2.75) is 32.2 Å². The Kier molecular flexibility index (Phi) is 5.34. The minimum absolute atomic E-state index is 0.201. The van der Waals surface area contributed by atoms with Crippen molar-refractivity contribution in [3.63, 3.8) is 0 Å². The second-order valence-electron chi connectivity index (χ2n) is 7.15. The molecule has 3 rings (SSSR count). The predicted octanol–water partition coefficient (Wildman–Crippen LogP) is 2.44. The Bertz CT molecular complexity index is 513. The van der Waals surface area contributed by atoms with Crippen molar-refractivity contribution in [3.8, 4) is 0 Å². The highest BCUT2D eigenvalue weighted by Crippen LogP contribution is 2.41. The molecule has 4 nitrogen and oxygen atoms in total. The Morgan fingerprint density at radius 1 is 1.35 bits per heavy atom. The van der Waals surface area contributed by atoms with E-state index >= 15 is 0 Å². The number of ether oxygens (including phenoxy) is 1. The highest BCUT2D eigenvalue weighted by molar-refractivity contribution is 5.83. The molecule has 1 saturated carbocycles. The fourth-order valence-electron chi connectivity index (χ4n) is 3.81. The van der Waals surface area contributed by atoms with Gasteiger partial charge in [0.05, 0.1) is 12.0 Å². The van der Waals surface area contributed by atoms with Crippen LogP contribution < -0.4 is 5.32 Å². The quantitative estimate of drug-likeness (QED) is 0.840. The summed E-state index contributed by atoms with van der Waals surface area (Å²) in [5.41, 5.74) is 1.13. The van der Waals surface area contributed by atoms with Crippen LogP contribution in [0.1, 0.15) is 31.2 Å². The first-order valence-corrected chi connectivity index (χ1v) is 8.75. The zero-order chi connectivity index (χ0) is 16.1. The minimum Gasteiger partial charge on any atom is -0.384 e. The van der Waals surface area contributed by atoms with Gasteiger partial charge in [0.15, 0.2) is 0 Å². The van der Waals surface area contributed by atoms with E-state index in [-0.39, 0.29) is 11.3 Å². The van der Waals surface area contributed by atoms with Crippen LogP contribution >= 0.6 is 0 Å². The Labute approximate surface area is 139 Å². The Morgan fingerprint density at radius 3 is 2.78 bits per heavy atom. The van der Waals surface area contributed by atoms with Crippen LogP contribution in [-0.4, -0.2) is 44.2 Å². The van der Waals surface area contributed by atoms with Gasteiger partial charge in [0.1, 0.15) is 0 Å². The first kappa shape index (κ1) is 16.5. The predicted molar refractivity (Wildman–Crippen MR) is 91.0 cm³/mol. The monoisotopic (exact) mass is 316 g/mol. The number of methoxy groups -OCH3 is 1. The summed E-state index contributed by atoms with van der Waals surface area (Å²) in [5, 5.41) is 3.19. The lowest BCUT2D eigenvalue weighted by atomic mass is 9.68. The molecule has 0 spiro atoms. The van der Waals surface area contributed by atoms with Gasteiger partial charge in [-0.25, -0.2) is 0 Å². The molecule has 0 radical (unpaired) electrons. The summed E-state index contributed by atoms with van der Waals surface area (Å²) in [7, 11) is 1.69. The number of nitrogens with zero attached hydrogens (tertiary/aromatic N) is 1. The number of carbonyl (C=O) groups excluding carboxylic acids is 1.